The van der Waals surface area contributed by atoms with Gasteiger partial charge in [-0.25, -0.2) is 0 Å². The van der Waals surface area contributed by atoms with E-state index in [-0.39, 0.29) is 35.7 Å². The number of allylic oxidation sites excluding steroid dienone is 2. The molecule has 0 aromatic heterocycles. The molecule has 0 unspecified atom stereocenters. The van der Waals surface area contributed by atoms with Gasteiger partial charge >= 0.3 is 0 Å². The molecule has 0 radical (unpaired) electrons. The average Bonchev–Trinajstić information content (AvgIpc) is 3.27. The van der Waals surface area contributed by atoms with Gasteiger partial charge in [0.1, 0.15) is 0 Å². The number of carbonyl (C=O) groups is 3. The van der Waals surface area contributed by atoms with Gasteiger partial charge in [-0.3, -0.25) is 19.3 Å². The highest BCUT2D eigenvalue weighted by atomic mass is 16.5. The minimum atomic E-state index is -0.254. The molecule has 2 fully saturated rings. The van der Waals surface area contributed by atoms with Crippen molar-refractivity contribution in [3.8, 4) is 0 Å². The predicted molar refractivity (Wildman–Crippen MR) is 100 cm³/mol. The van der Waals surface area contributed by atoms with Gasteiger partial charge in [0, 0.05) is 18.7 Å². The standard InChI is InChI=1S/C21H24N2O4/c1-13-4-9-17-18(11-13)21(26)23(20(17)25)15-7-5-14(6-8-15)19(24)22-12-16-3-2-10-27-16/h4-8,16-18H,2-3,9-12H2,1H3,(H,22,24)/t16-,17+,18-/m1/s1. The zero-order chi connectivity index (χ0) is 19.0. The minimum absolute atomic E-state index is 0.0912. The lowest BCUT2D eigenvalue weighted by molar-refractivity contribution is -0.122. The number of amides is 3. The number of benzene rings is 1. The van der Waals surface area contributed by atoms with Crippen molar-refractivity contribution in [3.63, 3.8) is 0 Å². The number of carbonyl (C=O) groups excluding carboxylic acids is 3. The number of hydrogen-bond acceptors (Lipinski definition) is 4. The van der Waals surface area contributed by atoms with Gasteiger partial charge in [-0.2, -0.15) is 0 Å². The zero-order valence-corrected chi connectivity index (χ0v) is 15.4. The third-order valence-corrected chi connectivity index (χ3v) is 5.72. The number of anilines is 1. The molecule has 142 valence electrons. The maximum atomic E-state index is 12.7. The van der Waals surface area contributed by atoms with Gasteiger partial charge in [0.05, 0.1) is 23.6 Å². The Labute approximate surface area is 158 Å². The van der Waals surface area contributed by atoms with E-state index in [0.29, 0.717) is 30.6 Å². The zero-order valence-electron chi connectivity index (χ0n) is 15.4. The van der Waals surface area contributed by atoms with Gasteiger partial charge < -0.3 is 10.1 Å². The smallest absolute Gasteiger partial charge is 0.251 e. The Hall–Kier alpha value is -2.47. The molecular formula is C21H24N2O4. The Morgan fingerprint density at radius 1 is 1.19 bits per heavy atom. The van der Waals surface area contributed by atoms with Crippen LogP contribution in [0.4, 0.5) is 5.69 Å². The molecule has 2 saturated heterocycles. The van der Waals surface area contributed by atoms with Crippen LogP contribution in [-0.4, -0.2) is 37.0 Å². The molecule has 0 bridgehead atoms. The lowest BCUT2D eigenvalue weighted by Gasteiger charge is -2.18. The normalized spacial score (nSPS) is 27.5. The van der Waals surface area contributed by atoms with Crippen LogP contribution in [0.2, 0.25) is 0 Å². The molecule has 1 aromatic carbocycles. The highest BCUT2D eigenvalue weighted by Crippen LogP contribution is 2.39. The number of nitrogens with one attached hydrogen (secondary N) is 1. The van der Waals surface area contributed by atoms with Crippen LogP contribution in [0, 0.1) is 11.8 Å². The van der Waals surface area contributed by atoms with E-state index < -0.39 is 0 Å². The molecule has 3 amide bonds. The molecule has 0 saturated carbocycles. The van der Waals surface area contributed by atoms with Gasteiger partial charge in [0.15, 0.2) is 0 Å². The Morgan fingerprint density at radius 3 is 2.63 bits per heavy atom. The quantitative estimate of drug-likeness (QED) is 0.654. The largest absolute Gasteiger partial charge is 0.376 e. The van der Waals surface area contributed by atoms with Crippen molar-refractivity contribution >= 4 is 23.4 Å². The van der Waals surface area contributed by atoms with E-state index in [1.54, 1.807) is 24.3 Å². The molecule has 1 aromatic rings. The number of fused-ring (bicyclic) bond motifs is 1. The van der Waals surface area contributed by atoms with E-state index in [9.17, 15) is 14.4 Å². The number of ether oxygens (including phenoxy) is 1. The van der Waals surface area contributed by atoms with Crippen molar-refractivity contribution < 1.29 is 19.1 Å². The van der Waals surface area contributed by atoms with Crippen LogP contribution in [0.25, 0.3) is 0 Å². The van der Waals surface area contributed by atoms with Crippen molar-refractivity contribution in [2.45, 2.75) is 38.7 Å². The van der Waals surface area contributed by atoms with E-state index in [2.05, 4.69) is 11.4 Å². The van der Waals surface area contributed by atoms with E-state index in [0.717, 1.165) is 25.0 Å². The second kappa shape index (κ2) is 7.27. The van der Waals surface area contributed by atoms with Crippen LogP contribution in [0.5, 0.6) is 0 Å². The summed E-state index contributed by atoms with van der Waals surface area (Å²) in [6.45, 7) is 3.25. The summed E-state index contributed by atoms with van der Waals surface area (Å²) in [5, 5.41) is 2.87. The molecule has 0 spiro atoms. The highest BCUT2D eigenvalue weighted by Gasteiger charge is 2.48. The van der Waals surface area contributed by atoms with Gasteiger partial charge in [-0.15, -0.1) is 0 Å². The molecule has 6 heteroatoms. The Bertz CT molecular complexity index is 793. The Kier molecular flexibility index (Phi) is 4.83. The second-order valence-electron chi connectivity index (χ2n) is 7.61. The molecule has 4 rings (SSSR count). The topological polar surface area (TPSA) is 75.7 Å². The summed E-state index contributed by atoms with van der Waals surface area (Å²) in [6.07, 6.45) is 5.42. The van der Waals surface area contributed by atoms with Crippen LogP contribution in [0.15, 0.2) is 35.9 Å². The average molecular weight is 368 g/mol. The van der Waals surface area contributed by atoms with Crippen LogP contribution < -0.4 is 10.2 Å². The summed E-state index contributed by atoms with van der Waals surface area (Å²) in [4.78, 5) is 39.0. The Morgan fingerprint density at radius 2 is 1.93 bits per heavy atom. The van der Waals surface area contributed by atoms with Gasteiger partial charge in [-0.05, 0) is 56.9 Å². The van der Waals surface area contributed by atoms with Crippen molar-refractivity contribution in [2.75, 3.05) is 18.1 Å². The van der Waals surface area contributed by atoms with E-state index in [4.69, 9.17) is 4.74 Å². The van der Waals surface area contributed by atoms with Crippen molar-refractivity contribution in [1.29, 1.82) is 0 Å². The number of rotatable bonds is 4. The van der Waals surface area contributed by atoms with E-state index in [1.807, 2.05) is 6.92 Å². The molecular weight excluding hydrogens is 344 g/mol. The first kappa shape index (κ1) is 17.9. The summed E-state index contributed by atoms with van der Waals surface area (Å²) in [5.74, 6) is -0.950. The molecule has 1 N–H and O–H groups in total. The maximum absolute atomic E-state index is 12.7. The van der Waals surface area contributed by atoms with Crippen molar-refractivity contribution in [3.05, 3.63) is 41.5 Å². The fraction of sp³-hybridized carbons (Fsp3) is 0.476. The summed E-state index contributed by atoms with van der Waals surface area (Å²) >= 11 is 0. The predicted octanol–water partition coefficient (Wildman–Crippen LogP) is 2.44. The Balaban J connectivity index is 1.43. The van der Waals surface area contributed by atoms with Gasteiger partial charge in [0.2, 0.25) is 11.8 Å². The number of nitrogens with zero attached hydrogens (tertiary/aromatic N) is 1. The summed E-state index contributed by atoms with van der Waals surface area (Å²) in [6, 6.07) is 6.67. The molecule has 2 heterocycles. The van der Waals surface area contributed by atoms with Crippen molar-refractivity contribution in [2.24, 2.45) is 11.8 Å². The number of hydrogen-bond donors (Lipinski definition) is 1. The fourth-order valence-electron chi connectivity index (χ4n) is 4.17. The monoisotopic (exact) mass is 368 g/mol. The summed E-state index contributed by atoms with van der Waals surface area (Å²) < 4.78 is 5.50. The maximum Gasteiger partial charge on any atom is 0.251 e. The lowest BCUT2D eigenvalue weighted by atomic mass is 9.82. The molecule has 2 aliphatic heterocycles. The van der Waals surface area contributed by atoms with Gasteiger partial charge in [-0.1, -0.05) is 11.6 Å². The first-order valence-corrected chi connectivity index (χ1v) is 9.58. The second-order valence-corrected chi connectivity index (χ2v) is 7.61. The van der Waals surface area contributed by atoms with E-state index in [1.165, 1.54) is 4.90 Å². The SMILES string of the molecule is CC1=CC[C@@H]2C(=O)N(c3ccc(C(=O)NC[C@H]4CCCO4)cc3)C(=O)[C@@H]2C1. The summed E-state index contributed by atoms with van der Waals surface area (Å²) in [5.41, 5.74) is 2.20. The highest BCUT2D eigenvalue weighted by molar-refractivity contribution is 6.22. The molecule has 27 heavy (non-hydrogen) atoms. The third kappa shape index (κ3) is 3.41. The molecule has 3 aliphatic rings. The number of imide groups is 1. The van der Waals surface area contributed by atoms with E-state index >= 15 is 0 Å². The lowest BCUT2D eigenvalue weighted by Crippen LogP contribution is -2.32. The van der Waals surface area contributed by atoms with Crippen LogP contribution in [-0.2, 0) is 14.3 Å². The van der Waals surface area contributed by atoms with Crippen LogP contribution in [0.1, 0.15) is 43.0 Å². The van der Waals surface area contributed by atoms with Crippen molar-refractivity contribution in [1.82, 2.24) is 5.32 Å². The minimum Gasteiger partial charge on any atom is -0.376 e. The molecule has 1 aliphatic carbocycles. The molecule has 6 nitrogen and oxygen atoms in total. The fourth-order valence-corrected chi connectivity index (χ4v) is 4.17. The van der Waals surface area contributed by atoms with Gasteiger partial charge in [0.25, 0.3) is 5.91 Å². The van der Waals surface area contributed by atoms with Crippen LogP contribution in [0.3, 0.4) is 0 Å². The molecule has 3 atom stereocenters. The van der Waals surface area contributed by atoms with Crippen LogP contribution >= 0.6 is 0 Å². The third-order valence-electron chi connectivity index (χ3n) is 5.72. The first-order valence-electron chi connectivity index (χ1n) is 9.58. The summed E-state index contributed by atoms with van der Waals surface area (Å²) in [7, 11) is 0. The first-order chi connectivity index (χ1) is 13.0.